The predicted octanol–water partition coefficient (Wildman–Crippen LogP) is 1.72. The molecule has 0 unspecified atom stereocenters. The van der Waals surface area contributed by atoms with Crippen LogP contribution in [0.25, 0.3) is 0 Å². The van der Waals surface area contributed by atoms with Crippen LogP contribution in [0.5, 0.6) is 0 Å². The number of hydrogen-bond acceptors (Lipinski definition) is 6. The van der Waals surface area contributed by atoms with E-state index in [4.69, 9.17) is 15.6 Å². The number of esters is 1. The van der Waals surface area contributed by atoms with E-state index >= 15 is 0 Å². The number of aliphatic hydroxyl groups excluding tert-OH is 1. The van der Waals surface area contributed by atoms with Crippen molar-refractivity contribution in [1.82, 2.24) is 0 Å². The van der Waals surface area contributed by atoms with Gasteiger partial charge >= 0.3 is 5.97 Å². The third-order valence-corrected chi connectivity index (χ3v) is 4.58. The van der Waals surface area contributed by atoms with Crippen molar-refractivity contribution >= 4 is 28.0 Å². The SMILES string of the molecule is CCOC(=O)c1sc(N2CCC(CO)CC2)cc1N. The lowest BCUT2D eigenvalue weighted by atomic mass is 9.98. The number of carbonyl (C=O) groups is 1. The third kappa shape index (κ3) is 3.19. The van der Waals surface area contributed by atoms with Gasteiger partial charge in [-0.3, -0.25) is 0 Å². The summed E-state index contributed by atoms with van der Waals surface area (Å²) < 4.78 is 4.98. The van der Waals surface area contributed by atoms with Gasteiger partial charge in [0.1, 0.15) is 4.88 Å². The first kappa shape index (κ1) is 14.1. The molecule has 5 nitrogen and oxygen atoms in total. The van der Waals surface area contributed by atoms with Crippen molar-refractivity contribution in [1.29, 1.82) is 0 Å². The van der Waals surface area contributed by atoms with Gasteiger partial charge in [0.25, 0.3) is 0 Å². The van der Waals surface area contributed by atoms with Crippen LogP contribution < -0.4 is 10.6 Å². The zero-order chi connectivity index (χ0) is 13.8. The molecule has 0 aliphatic carbocycles. The second-order valence-electron chi connectivity index (χ2n) is 4.70. The molecule has 1 aromatic heterocycles. The van der Waals surface area contributed by atoms with Gasteiger partial charge in [0.2, 0.25) is 0 Å². The predicted molar refractivity (Wildman–Crippen MR) is 76.7 cm³/mol. The lowest BCUT2D eigenvalue weighted by molar-refractivity contribution is 0.0533. The van der Waals surface area contributed by atoms with E-state index in [9.17, 15) is 4.79 Å². The van der Waals surface area contributed by atoms with E-state index in [1.54, 1.807) is 6.92 Å². The number of nitrogens with two attached hydrogens (primary N) is 1. The third-order valence-electron chi connectivity index (χ3n) is 3.39. The molecule has 1 aromatic rings. The van der Waals surface area contributed by atoms with Crippen LogP contribution in [0.1, 0.15) is 29.4 Å². The molecule has 19 heavy (non-hydrogen) atoms. The van der Waals surface area contributed by atoms with Crippen LogP contribution in [-0.4, -0.2) is 37.4 Å². The van der Waals surface area contributed by atoms with Crippen LogP contribution in [0.15, 0.2) is 6.07 Å². The fourth-order valence-corrected chi connectivity index (χ4v) is 3.27. The summed E-state index contributed by atoms with van der Waals surface area (Å²) in [6, 6.07) is 1.84. The molecule has 2 rings (SSSR count). The van der Waals surface area contributed by atoms with Crippen molar-refractivity contribution in [2.45, 2.75) is 19.8 Å². The van der Waals surface area contributed by atoms with Gasteiger partial charge in [-0.2, -0.15) is 0 Å². The second kappa shape index (κ2) is 6.25. The molecule has 0 aromatic carbocycles. The van der Waals surface area contributed by atoms with Gasteiger partial charge in [-0.25, -0.2) is 4.79 Å². The molecule has 0 amide bonds. The van der Waals surface area contributed by atoms with Crippen molar-refractivity contribution in [2.24, 2.45) is 5.92 Å². The molecule has 0 bridgehead atoms. The molecule has 0 saturated carbocycles. The molecule has 2 heterocycles. The summed E-state index contributed by atoms with van der Waals surface area (Å²) in [5.74, 6) is 0.0552. The minimum Gasteiger partial charge on any atom is -0.462 e. The minimum atomic E-state index is -0.346. The molecule has 1 saturated heterocycles. The van der Waals surface area contributed by atoms with Crippen molar-refractivity contribution in [3.63, 3.8) is 0 Å². The van der Waals surface area contributed by atoms with E-state index in [0.717, 1.165) is 30.9 Å². The van der Waals surface area contributed by atoms with Gasteiger partial charge in [-0.1, -0.05) is 0 Å². The number of nitrogen functional groups attached to an aromatic ring is 1. The van der Waals surface area contributed by atoms with Crippen molar-refractivity contribution in [3.05, 3.63) is 10.9 Å². The van der Waals surface area contributed by atoms with E-state index in [-0.39, 0.29) is 12.6 Å². The fraction of sp³-hybridized carbons (Fsp3) is 0.615. The van der Waals surface area contributed by atoms with Gasteiger partial charge < -0.3 is 20.5 Å². The Morgan fingerprint density at radius 3 is 2.84 bits per heavy atom. The van der Waals surface area contributed by atoms with Gasteiger partial charge in [0.05, 0.1) is 17.3 Å². The number of thiophene rings is 1. The van der Waals surface area contributed by atoms with Crippen LogP contribution in [-0.2, 0) is 4.74 Å². The Hall–Kier alpha value is -1.27. The Morgan fingerprint density at radius 1 is 1.58 bits per heavy atom. The summed E-state index contributed by atoms with van der Waals surface area (Å²) in [5.41, 5.74) is 6.36. The van der Waals surface area contributed by atoms with Gasteiger partial charge in [-0.05, 0) is 31.7 Å². The highest BCUT2D eigenvalue weighted by atomic mass is 32.1. The van der Waals surface area contributed by atoms with E-state index in [1.165, 1.54) is 11.3 Å². The summed E-state index contributed by atoms with van der Waals surface area (Å²) in [6.07, 6.45) is 1.95. The highest BCUT2D eigenvalue weighted by molar-refractivity contribution is 7.18. The van der Waals surface area contributed by atoms with Crippen LogP contribution in [0.4, 0.5) is 10.7 Å². The summed E-state index contributed by atoms with van der Waals surface area (Å²) >= 11 is 1.39. The van der Waals surface area contributed by atoms with E-state index in [1.807, 2.05) is 6.07 Å². The van der Waals surface area contributed by atoms with Crippen molar-refractivity contribution in [2.75, 3.05) is 36.9 Å². The lowest BCUT2D eigenvalue weighted by Crippen LogP contribution is -2.34. The first-order chi connectivity index (χ1) is 9.15. The summed E-state index contributed by atoms with van der Waals surface area (Å²) in [7, 11) is 0. The molecule has 1 aliphatic rings. The normalized spacial score (nSPS) is 16.6. The maximum atomic E-state index is 11.7. The van der Waals surface area contributed by atoms with Gasteiger partial charge in [0.15, 0.2) is 0 Å². The Labute approximate surface area is 117 Å². The summed E-state index contributed by atoms with van der Waals surface area (Å²) in [4.78, 5) is 14.4. The molecule has 0 spiro atoms. The molecule has 0 radical (unpaired) electrons. The number of nitrogens with zero attached hydrogens (tertiary/aromatic N) is 1. The quantitative estimate of drug-likeness (QED) is 0.823. The maximum Gasteiger partial charge on any atom is 0.350 e. The van der Waals surface area contributed by atoms with Crippen molar-refractivity contribution in [3.8, 4) is 0 Å². The first-order valence-electron chi connectivity index (χ1n) is 6.58. The number of hydrogen-bond donors (Lipinski definition) is 2. The Bertz CT molecular complexity index is 439. The average Bonchev–Trinajstić information content (AvgIpc) is 2.81. The maximum absolute atomic E-state index is 11.7. The smallest absolute Gasteiger partial charge is 0.350 e. The monoisotopic (exact) mass is 284 g/mol. The largest absolute Gasteiger partial charge is 0.462 e. The second-order valence-corrected chi connectivity index (χ2v) is 5.73. The number of rotatable bonds is 4. The van der Waals surface area contributed by atoms with Gasteiger partial charge in [-0.15, -0.1) is 11.3 Å². The molecule has 3 N–H and O–H groups in total. The average molecular weight is 284 g/mol. The van der Waals surface area contributed by atoms with E-state index < -0.39 is 0 Å². The Morgan fingerprint density at radius 2 is 2.26 bits per heavy atom. The highest BCUT2D eigenvalue weighted by Crippen LogP contribution is 2.34. The zero-order valence-corrected chi connectivity index (χ0v) is 11.9. The molecule has 0 atom stereocenters. The molecule has 106 valence electrons. The topological polar surface area (TPSA) is 75.8 Å². The molecular weight excluding hydrogens is 264 g/mol. The summed E-state index contributed by atoms with van der Waals surface area (Å²) in [6.45, 7) is 4.19. The Kier molecular flexibility index (Phi) is 4.66. The minimum absolute atomic E-state index is 0.258. The number of aliphatic hydroxyl groups is 1. The molecule has 1 aliphatic heterocycles. The van der Waals surface area contributed by atoms with Crippen LogP contribution in [0.2, 0.25) is 0 Å². The number of ether oxygens (including phenoxy) is 1. The Balaban J connectivity index is 2.06. The lowest BCUT2D eigenvalue weighted by Gasteiger charge is -2.31. The number of anilines is 2. The van der Waals surface area contributed by atoms with E-state index in [2.05, 4.69) is 4.90 Å². The number of piperidine rings is 1. The van der Waals surface area contributed by atoms with Crippen LogP contribution >= 0.6 is 11.3 Å². The van der Waals surface area contributed by atoms with Crippen LogP contribution in [0.3, 0.4) is 0 Å². The fourth-order valence-electron chi connectivity index (χ4n) is 2.24. The summed E-state index contributed by atoms with van der Waals surface area (Å²) in [5, 5.41) is 10.1. The molecule has 6 heteroatoms. The molecule has 1 fully saturated rings. The van der Waals surface area contributed by atoms with Gasteiger partial charge in [0, 0.05) is 19.7 Å². The zero-order valence-electron chi connectivity index (χ0n) is 11.1. The number of carbonyl (C=O) groups excluding carboxylic acids is 1. The molecular formula is C13H20N2O3S. The van der Waals surface area contributed by atoms with Crippen molar-refractivity contribution < 1.29 is 14.6 Å². The standard InChI is InChI=1S/C13H20N2O3S/c1-2-18-13(17)12-10(14)7-11(19-12)15-5-3-9(8-16)4-6-15/h7,9,16H,2-6,8,14H2,1H3. The van der Waals surface area contributed by atoms with Crippen LogP contribution in [0, 0.1) is 5.92 Å². The first-order valence-corrected chi connectivity index (χ1v) is 7.39. The van der Waals surface area contributed by atoms with E-state index in [0.29, 0.717) is 23.1 Å². The highest BCUT2D eigenvalue weighted by Gasteiger charge is 2.23.